The van der Waals surface area contributed by atoms with Crippen LogP contribution in [-0.2, 0) is 4.79 Å². The Balaban J connectivity index is 2.50. The predicted octanol–water partition coefficient (Wildman–Crippen LogP) is 0.373. The van der Waals surface area contributed by atoms with Crippen LogP contribution in [0.1, 0.15) is 27.2 Å². The molecule has 1 amide bonds. The minimum atomic E-state index is -0.0334. The van der Waals surface area contributed by atoms with Gasteiger partial charge < -0.3 is 15.5 Å². The van der Waals surface area contributed by atoms with Gasteiger partial charge in [0, 0.05) is 38.8 Å². The molecule has 5 heteroatoms. The van der Waals surface area contributed by atoms with E-state index in [-0.39, 0.29) is 18.0 Å². The van der Waals surface area contributed by atoms with Gasteiger partial charge in [0.2, 0.25) is 5.91 Å². The third-order valence-corrected chi connectivity index (χ3v) is 3.77. The van der Waals surface area contributed by atoms with Crippen molar-refractivity contribution in [3.63, 3.8) is 0 Å². The molecule has 1 aliphatic heterocycles. The highest BCUT2D eigenvalue weighted by Gasteiger charge is 2.24. The second-order valence-corrected chi connectivity index (χ2v) is 6.56. The summed E-state index contributed by atoms with van der Waals surface area (Å²) in [6, 6.07) is 0.205. The molecule has 0 spiro atoms. The van der Waals surface area contributed by atoms with Gasteiger partial charge in [-0.2, -0.15) is 0 Å². The highest BCUT2D eigenvalue weighted by molar-refractivity contribution is 5.81. The van der Waals surface area contributed by atoms with E-state index in [2.05, 4.69) is 48.4 Å². The summed E-state index contributed by atoms with van der Waals surface area (Å²) in [6.07, 6.45) is 1.03. The largest absolute Gasteiger partial charge is 0.351 e. The van der Waals surface area contributed by atoms with Crippen molar-refractivity contribution in [1.29, 1.82) is 0 Å². The number of nitrogens with zero attached hydrogens (tertiary/aromatic N) is 2. The molecule has 1 heterocycles. The fourth-order valence-corrected chi connectivity index (χ4v) is 2.75. The van der Waals surface area contributed by atoms with Gasteiger partial charge in [0.05, 0.1) is 6.04 Å². The number of hydrogen-bond donors (Lipinski definition) is 2. The highest BCUT2D eigenvalue weighted by atomic mass is 16.2. The number of rotatable bonds is 7. The third-order valence-electron chi connectivity index (χ3n) is 3.77. The molecule has 0 aromatic rings. The molecule has 0 bridgehead atoms. The van der Waals surface area contributed by atoms with Crippen LogP contribution in [0.15, 0.2) is 0 Å². The molecule has 0 saturated carbocycles. The maximum absolute atomic E-state index is 12.4. The second kappa shape index (κ2) is 8.60. The first-order chi connectivity index (χ1) is 9.40. The van der Waals surface area contributed by atoms with E-state index in [0.29, 0.717) is 5.92 Å². The molecular weight excluding hydrogens is 252 g/mol. The lowest BCUT2D eigenvalue weighted by Gasteiger charge is -2.33. The Labute approximate surface area is 124 Å². The molecule has 0 aromatic carbocycles. The van der Waals surface area contributed by atoms with E-state index in [4.69, 9.17) is 0 Å². The number of carbonyl (C=O) groups is 1. The van der Waals surface area contributed by atoms with Crippen molar-refractivity contribution in [3.8, 4) is 0 Å². The quantitative estimate of drug-likeness (QED) is 0.709. The average Bonchev–Trinajstić information content (AvgIpc) is 2.37. The summed E-state index contributed by atoms with van der Waals surface area (Å²) < 4.78 is 0. The summed E-state index contributed by atoms with van der Waals surface area (Å²) in [4.78, 5) is 16.8. The van der Waals surface area contributed by atoms with Crippen molar-refractivity contribution < 1.29 is 4.79 Å². The molecule has 0 radical (unpaired) electrons. The zero-order valence-electron chi connectivity index (χ0n) is 13.8. The summed E-state index contributed by atoms with van der Waals surface area (Å²) in [5.74, 6) is 0.758. The van der Waals surface area contributed by atoms with E-state index in [1.165, 1.54) is 0 Å². The Bertz CT molecular complexity index is 278. The molecule has 2 atom stereocenters. The first kappa shape index (κ1) is 17.4. The number of carbonyl (C=O) groups excluding carboxylic acids is 1. The van der Waals surface area contributed by atoms with Crippen LogP contribution in [0.4, 0.5) is 0 Å². The van der Waals surface area contributed by atoms with Crippen LogP contribution in [0.3, 0.4) is 0 Å². The van der Waals surface area contributed by atoms with E-state index in [9.17, 15) is 4.79 Å². The first-order valence-electron chi connectivity index (χ1n) is 7.80. The van der Waals surface area contributed by atoms with Gasteiger partial charge in [-0.1, -0.05) is 13.8 Å². The van der Waals surface area contributed by atoms with Crippen molar-refractivity contribution in [2.45, 2.75) is 39.3 Å². The molecule has 118 valence electrons. The zero-order chi connectivity index (χ0) is 15.1. The zero-order valence-corrected chi connectivity index (χ0v) is 13.8. The van der Waals surface area contributed by atoms with Crippen LogP contribution in [0, 0.1) is 5.92 Å². The molecule has 5 nitrogen and oxygen atoms in total. The number of amides is 1. The summed E-state index contributed by atoms with van der Waals surface area (Å²) in [7, 11) is 4.11. The van der Waals surface area contributed by atoms with Gasteiger partial charge in [0.1, 0.15) is 0 Å². The average molecular weight is 284 g/mol. The number of nitrogens with one attached hydrogen (secondary N) is 2. The van der Waals surface area contributed by atoms with Gasteiger partial charge in [-0.15, -0.1) is 0 Å². The SMILES string of the molecule is CC(C)CC(CN(C)C)NC(=O)C(C)N1CCNCC1. The Morgan fingerprint density at radius 1 is 1.25 bits per heavy atom. The third kappa shape index (κ3) is 6.20. The molecule has 2 unspecified atom stereocenters. The smallest absolute Gasteiger partial charge is 0.237 e. The molecule has 1 saturated heterocycles. The Morgan fingerprint density at radius 2 is 1.85 bits per heavy atom. The van der Waals surface area contributed by atoms with Crippen molar-refractivity contribution >= 4 is 5.91 Å². The lowest BCUT2D eigenvalue weighted by molar-refractivity contribution is -0.127. The predicted molar refractivity (Wildman–Crippen MR) is 83.8 cm³/mol. The van der Waals surface area contributed by atoms with Crippen LogP contribution in [0.25, 0.3) is 0 Å². The van der Waals surface area contributed by atoms with Crippen LogP contribution < -0.4 is 10.6 Å². The van der Waals surface area contributed by atoms with Gasteiger partial charge >= 0.3 is 0 Å². The molecule has 1 fully saturated rings. The van der Waals surface area contributed by atoms with Gasteiger partial charge in [0.25, 0.3) is 0 Å². The fourth-order valence-electron chi connectivity index (χ4n) is 2.75. The van der Waals surface area contributed by atoms with Crippen LogP contribution in [0.5, 0.6) is 0 Å². The van der Waals surface area contributed by atoms with Crippen molar-refractivity contribution in [1.82, 2.24) is 20.4 Å². The van der Waals surface area contributed by atoms with Crippen LogP contribution in [0.2, 0.25) is 0 Å². The highest BCUT2D eigenvalue weighted by Crippen LogP contribution is 2.07. The summed E-state index contributed by atoms with van der Waals surface area (Å²) in [5, 5.41) is 6.56. The summed E-state index contributed by atoms with van der Waals surface area (Å²) in [5.41, 5.74) is 0. The topological polar surface area (TPSA) is 47.6 Å². The van der Waals surface area contributed by atoms with Gasteiger partial charge in [0.15, 0.2) is 0 Å². The maximum Gasteiger partial charge on any atom is 0.237 e. The number of likely N-dealkylation sites (N-methyl/N-ethyl adjacent to an activating group) is 1. The minimum absolute atomic E-state index is 0.0334. The van der Waals surface area contributed by atoms with Crippen molar-refractivity contribution in [3.05, 3.63) is 0 Å². The molecule has 1 rings (SSSR count). The second-order valence-electron chi connectivity index (χ2n) is 6.56. The Morgan fingerprint density at radius 3 is 2.35 bits per heavy atom. The summed E-state index contributed by atoms with van der Waals surface area (Å²) >= 11 is 0. The Hall–Kier alpha value is -0.650. The van der Waals surface area contributed by atoms with Crippen molar-refractivity contribution in [2.24, 2.45) is 5.92 Å². The van der Waals surface area contributed by atoms with E-state index < -0.39 is 0 Å². The van der Waals surface area contributed by atoms with Crippen LogP contribution >= 0.6 is 0 Å². The number of piperazine rings is 1. The number of hydrogen-bond acceptors (Lipinski definition) is 4. The first-order valence-corrected chi connectivity index (χ1v) is 7.80. The molecule has 0 aromatic heterocycles. The fraction of sp³-hybridized carbons (Fsp3) is 0.933. The normalized spacial score (nSPS) is 20.1. The van der Waals surface area contributed by atoms with E-state index >= 15 is 0 Å². The van der Waals surface area contributed by atoms with E-state index in [0.717, 1.165) is 39.1 Å². The van der Waals surface area contributed by atoms with E-state index in [1.54, 1.807) is 0 Å². The molecule has 0 aliphatic carbocycles. The standard InChI is InChI=1S/C15H32N4O/c1-12(2)10-14(11-18(4)5)17-15(20)13(3)19-8-6-16-7-9-19/h12-14,16H,6-11H2,1-5H3,(H,17,20). The van der Waals surface area contributed by atoms with Crippen molar-refractivity contribution in [2.75, 3.05) is 46.8 Å². The van der Waals surface area contributed by atoms with Crippen LogP contribution in [-0.4, -0.2) is 74.6 Å². The monoisotopic (exact) mass is 284 g/mol. The molecule has 20 heavy (non-hydrogen) atoms. The lowest BCUT2D eigenvalue weighted by atomic mass is 10.0. The minimum Gasteiger partial charge on any atom is -0.351 e. The van der Waals surface area contributed by atoms with E-state index in [1.807, 2.05) is 6.92 Å². The van der Waals surface area contributed by atoms with Gasteiger partial charge in [-0.25, -0.2) is 0 Å². The maximum atomic E-state index is 12.4. The Kier molecular flexibility index (Phi) is 7.48. The van der Waals surface area contributed by atoms with Gasteiger partial charge in [-0.3, -0.25) is 9.69 Å². The molecule has 1 aliphatic rings. The van der Waals surface area contributed by atoms with Gasteiger partial charge in [-0.05, 0) is 33.4 Å². The lowest BCUT2D eigenvalue weighted by Crippen LogP contribution is -2.55. The summed E-state index contributed by atoms with van der Waals surface area (Å²) in [6.45, 7) is 11.2. The molecule has 2 N–H and O–H groups in total. The molecular formula is C15H32N4O.